The van der Waals surface area contributed by atoms with Gasteiger partial charge in [0.15, 0.2) is 0 Å². The Morgan fingerprint density at radius 3 is 2.60 bits per heavy atom. The number of anilines is 1. The zero-order valence-corrected chi connectivity index (χ0v) is 13.3. The maximum absolute atomic E-state index is 6.25. The molecule has 2 heterocycles. The van der Waals surface area contributed by atoms with Gasteiger partial charge >= 0.3 is 0 Å². The Labute approximate surface area is 125 Å². The highest BCUT2D eigenvalue weighted by Gasteiger charge is 2.12. The molecule has 4 nitrogen and oxygen atoms in total. The van der Waals surface area contributed by atoms with Crippen molar-refractivity contribution >= 4 is 17.4 Å². The molecule has 0 aliphatic heterocycles. The van der Waals surface area contributed by atoms with Gasteiger partial charge in [-0.05, 0) is 44.9 Å². The fourth-order valence-electron chi connectivity index (χ4n) is 2.42. The second-order valence-electron chi connectivity index (χ2n) is 4.82. The van der Waals surface area contributed by atoms with Crippen LogP contribution in [0.2, 0.25) is 5.02 Å². The van der Waals surface area contributed by atoms with Crippen molar-refractivity contribution in [1.29, 1.82) is 0 Å². The van der Waals surface area contributed by atoms with Crippen molar-refractivity contribution in [3.05, 3.63) is 39.8 Å². The fraction of sp³-hybridized carbons (Fsp3) is 0.467. The van der Waals surface area contributed by atoms with Crippen molar-refractivity contribution in [2.75, 3.05) is 11.9 Å². The van der Waals surface area contributed by atoms with Crippen LogP contribution in [0.4, 0.5) is 5.82 Å². The monoisotopic (exact) mass is 292 g/mol. The largest absolute Gasteiger partial charge is 0.370 e. The molecular weight excluding hydrogens is 272 g/mol. The predicted octanol–water partition coefficient (Wildman–Crippen LogP) is 3.59. The molecule has 0 amide bonds. The van der Waals surface area contributed by atoms with E-state index in [4.69, 9.17) is 11.6 Å². The maximum Gasteiger partial charge on any atom is 0.126 e. The highest BCUT2D eigenvalue weighted by Crippen LogP contribution is 2.20. The normalized spacial score (nSPS) is 10.8. The smallest absolute Gasteiger partial charge is 0.126 e. The van der Waals surface area contributed by atoms with Crippen LogP contribution in [-0.4, -0.2) is 21.3 Å². The summed E-state index contributed by atoms with van der Waals surface area (Å²) in [5.41, 5.74) is 4.43. The van der Waals surface area contributed by atoms with Crippen molar-refractivity contribution in [3.8, 4) is 0 Å². The molecule has 0 unspecified atom stereocenters. The van der Waals surface area contributed by atoms with Gasteiger partial charge in [0.2, 0.25) is 0 Å². The molecule has 108 valence electrons. The van der Waals surface area contributed by atoms with Crippen LogP contribution in [0.15, 0.2) is 12.1 Å². The SMILES string of the molecule is CCNc1ccc(Cl)c(Cn2nc(C)c(CC)c2C)n1. The van der Waals surface area contributed by atoms with Gasteiger partial charge in [-0.3, -0.25) is 4.68 Å². The molecule has 20 heavy (non-hydrogen) atoms. The van der Waals surface area contributed by atoms with Crippen LogP contribution >= 0.6 is 11.6 Å². The second-order valence-corrected chi connectivity index (χ2v) is 5.22. The first-order chi connectivity index (χ1) is 9.56. The summed E-state index contributed by atoms with van der Waals surface area (Å²) in [6, 6.07) is 3.78. The first-order valence-electron chi connectivity index (χ1n) is 6.99. The molecule has 1 N–H and O–H groups in total. The van der Waals surface area contributed by atoms with Crippen LogP contribution in [0.3, 0.4) is 0 Å². The second kappa shape index (κ2) is 6.27. The zero-order chi connectivity index (χ0) is 14.7. The first-order valence-corrected chi connectivity index (χ1v) is 7.36. The lowest BCUT2D eigenvalue weighted by Crippen LogP contribution is -2.08. The third-order valence-corrected chi connectivity index (χ3v) is 3.81. The van der Waals surface area contributed by atoms with Crippen molar-refractivity contribution < 1.29 is 0 Å². The maximum atomic E-state index is 6.25. The highest BCUT2D eigenvalue weighted by atomic mass is 35.5. The van der Waals surface area contributed by atoms with Gasteiger partial charge < -0.3 is 5.32 Å². The van der Waals surface area contributed by atoms with E-state index in [9.17, 15) is 0 Å². The minimum atomic E-state index is 0.602. The summed E-state index contributed by atoms with van der Waals surface area (Å²) < 4.78 is 1.98. The molecular formula is C15H21ClN4. The lowest BCUT2D eigenvalue weighted by atomic mass is 10.1. The third kappa shape index (κ3) is 2.96. The van der Waals surface area contributed by atoms with E-state index in [-0.39, 0.29) is 0 Å². The molecule has 2 aromatic rings. The predicted molar refractivity (Wildman–Crippen MR) is 83.6 cm³/mol. The lowest BCUT2D eigenvalue weighted by Gasteiger charge is -2.09. The molecule has 0 aliphatic rings. The average molecular weight is 293 g/mol. The number of nitrogens with one attached hydrogen (secondary N) is 1. The van der Waals surface area contributed by atoms with Crippen LogP contribution in [0.1, 0.15) is 36.5 Å². The number of rotatable bonds is 5. The number of aromatic nitrogens is 3. The summed E-state index contributed by atoms with van der Waals surface area (Å²) in [6.07, 6.45) is 0.996. The Morgan fingerprint density at radius 2 is 2.00 bits per heavy atom. The molecule has 0 bridgehead atoms. The Hall–Kier alpha value is -1.55. The van der Waals surface area contributed by atoms with E-state index in [1.165, 1.54) is 11.3 Å². The molecule has 0 saturated carbocycles. The number of pyridine rings is 1. The summed E-state index contributed by atoms with van der Waals surface area (Å²) in [6.45, 7) is 9.79. The van der Waals surface area contributed by atoms with E-state index in [2.05, 4.69) is 29.2 Å². The molecule has 0 spiro atoms. The molecule has 5 heteroatoms. The third-order valence-electron chi connectivity index (χ3n) is 3.46. The summed E-state index contributed by atoms with van der Waals surface area (Å²) in [5.74, 6) is 0.851. The number of aryl methyl sites for hydroxylation is 1. The molecule has 0 radical (unpaired) electrons. The van der Waals surface area contributed by atoms with Gasteiger partial charge in [0, 0.05) is 12.2 Å². The number of nitrogens with zero attached hydrogens (tertiary/aromatic N) is 3. The minimum absolute atomic E-state index is 0.602. The lowest BCUT2D eigenvalue weighted by molar-refractivity contribution is 0.646. The van der Waals surface area contributed by atoms with Crippen molar-refractivity contribution in [2.45, 2.75) is 40.7 Å². The summed E-state index contributed by atoms with van der Waals surface area (Å²) >= 11 is 6.25. The summed E-state index contributed by atoms with van der Waals surface area (Å²) in [7, 11) is 0. The van der Waals surface area contributed by atoms with Gasteiger partial charge in [0.25, 0.3) is 0 Å². The van der Waals surface area contributed by atoms with Crippen LogP contribution in [0, 0.1) is 13.8 Å². The quantitative estimate of drug-likeness (QED) is 0.916. The Balaban J connectivity index is 2.32. The van der Waals surface area contributed by atoms with Gasteiger partial charge in [-0.25, -0.2) is 4.98 Å². The van der Waals surface area contributed by atoms with Gasteiger partial charge in [0.1, 0.15) is 5.82 Å². The number of hydrogen-bond donors (Lipinski definition) is 1. The van der Waals surface area contributed by atoms with Gasteiger partial charge in [-0.15, -0.1) is 0 Å². The molecule has 0 atom stereocenters. The summed E-state index contributed by atoms with van der Waals surface area (Å²) in [4.78, 5) is 4.56. The van der Waals surface area contributed by atoms with Gasteiger partial charge in [-0.1, -0.05) is 18.5 Å². The topological polar surface area (TPSA) is 42.7 Å². The van der Waals surface area contributed by atoms with Crippen molar-refractivity contribution in [3.63, 3.8) is 0 Å². The van der Waals surface area contributed by atoms with Gasteiger partial charge in [-0.2, -0.15) is 5.10 Å². The van der Waals surface area contributed by atoms with E-state index in [1.54, 1.807) is 0 Å². The van der Waals surface area contributed by atoms with Crippen LogP contribution in [0.25, 0.3) is 0 Å². The van der Waals surface area contributed by atoms with Crippen molar-refractivity contribution in [1.82, 2.24) is 14.8 Å². The molecule has 2 aromatic heterocycles. The Morgan fingerprint density at radius 1 is 1.25 bits per heavy atom. The standard InChI is InChI=1S/C15H21ClN4/c1-5-12-10(3)19-20(11(12)4)9-14-13(16)7-8-15(18-14)17-6-2/h7-8H,5-6,9H2,1-4H3,(H,17,18). The van der Waals surface area contributed by atoms with E-state index in [1.807, 2.05) is 30.7 Å². The Kier molecular flexibility index (Phi) is 4.65. The molecule has 0 aromatic carbocycles. The van der Waals surface area contributed by atoms with E-state index < -0.39 is 0 Å². The first kappa shape index (κ1) is 14.9. The van der Waals surface area contributed by atoms with Crippen LogP contribution in [-0.2, 0) is 13.0 Å². The average Bonchev–Trinajstić information content (AvgIpc) is 2.68. The van der Waals surface area contributed by atoms with E-state index in [0.29, 0.717) is 11.6 Å². The molecule has 2 rings (SSSR count). The number of hydrogen-bond acceptors (Lipinski definition) is 3. The molecule has 0 saturated heterocycles. The molecule has 0 fully saturated rings. The van der Waals surface area contributed by atoms with Crippen LogP contribution < -0.4 is 5.32 Å². The molecule has 0 aliphatic carbocycles. The fourth-order valence-corrected chi connectivity index (χ4v) is 2.58. The van der Waals surface area contributed by atoms with Crippen LogP contribution in [0.5, 0.6) is 0 Å². The summed E-state index contributed by atoms with van der Waals surface area (Å²) in [5, 5.41) is 8.47. The van der Waals surface area contributed by atoms with Gasteiger partial charge in [0.05, 0.1) is 23.0 Å². The highest BCUT2D eigenvalue weighted by molar-refractivity contribution is 6.31. The van der Waals surface area contributed by atoms with E-state index >= 15 is 0 Å². The van der Waals surface area contributed by atoms with Crippen molar-refractivity contribution in [2.24, 2.45) is 0 Å². The van der Waals surface area contributed by atoms with E-state index in [0.717, 1.165) is 30.2 Å². The zero-order valence-electron chi connectivity index (χ0n) is 12.5. The Bertz CT molecular complexity index is 604. The number of halogens is 1. The minimum Gasteiger partial charge on any atom is -0.370 e.